The van der Waals surface area contributed by atoms with Crippen LogP contribution < -0.4 is 0 Å². The van der Waals surface area contributed by atoms with Gasteiger partial charge in [0.15, 0.2) is 0 Å². The maximum atomic E-state index is 11.6. The number of aliphatic hydroxyl groups excluding tert-OH is 2. The maximum Gasteiger partial charge on any atom is 0.337 e. The normalized spacial score (nSPS) is 26.7. The summed E-state index contributed by atoms with van der Waals surface area (Å²) in [4.78, 5) is 11.6. The van der Waals surface area contributed by atoms with Gasteiger partial charge in [-0.15, -0.1) is 0 Å². The van der Waals surface area contributed by atoms with Gasteiger partial charge in [0.1, 0.15) is 0 Å². The highest BCUT2D eigenvalue weighted by Gasteiger charge is 2.43. The van der Waals surface area contributed by atoms with Crippen LogP contribution >= 0.6 is 0 Å². The molecule has 2 aliphatic rings. The fourth-order valence-corrected chi connectivity index (χ4v) is 5.44. The quantitative estimate of drug-likeness (QED) is 0.353. The van der Waals surface area contributed by atoms with Gasteiger partial charge >= 0.3 is 5.97 Å². The molecule has 4 heteroatoms. The van der Waals surface area contributed by atoms with Gasteiger partial charge in [0.2, 0.25) is 0 Å². The van der Waals surface area contributed by atoms with Crippen LogP contribution in [-0.4, -0.2) is 35.5 Å². The van der Waals surface area contributed by atoms with Crippen LogP contribution in [0.15, 0.2) is 48.1 Å². The number of allylic oxidation sites excluding steroid dienone is 2. The Morgan fingerprint density at radius 2 is 2.00 bits per heavy atom. The van der Waals surface area contributed by atoms with Crippen LogP contribution in [0.4, 0.5) is 0 Å². The molecule has 3 rings (SSSR count). The van der Waals surface area contributed by atoms with Crippen molar-refractivity contribution in [3.8, 4) is 0 Å². The van der Waals surface area contributed by atoms with Gasteiger partial charge in [-0.25, -0.2) is 4.79 Å². The summed E-state index contributed by atoms with van der Waals surface area (Å²) in [6.07, 6.45) is 13.8. The number of unbranched alkanes of at least 4 members (excludes halogenated alkanes) is 1. The van der Waals surface area contributed by atoms with Crippen molar-refractivity contribution in [2.24, 2.45) is 23.7 Å². The molecule has 1 saturated carbocycles. The summed E-state index contributed by atoms with van der Waals surface area (Å²) in [5.74, 6) is 1.24. The molecule has 2 N–H and O–H groups in total. The molecule has 0 aromatic heterocycles. The van der Waals surface area contributed by atoms with Gasteiger partial charge in [0.05, 0.1) is 24.9 Å². The fraction of sp³-hybridized carbons (Fsp3) is 0.607. The zero-order valence-electron chi connectivity index (χ0n) is 19.9. The Morgan fingerprint density at radius 3 is 2.69 bits per heavy atom. The highest BCUT2D eigenvalue weighted by molar-refractivity contribution is 5.89. The van der Waals surface area contributed by atoms with Crippen LogP contribution in [0.25, 0.3) is 0 Å². The number of rotatable bonds is 11. The number of aryl methyl sites for hydroxylation is 1. The van der Waals surface area contributed by atoms with Gasteiger partial charge in [0.25, 0.3) is 0 Å². The van der Waals surface area contributed by atoms with E-state index in [1.54, 1.807) is 0 Å². The second-order valence-electron chi connectivity index (χ2n) is 9.86. The average molecular weight is 441 g/mol. The molecule has 32 heavy (non-hydrogen) atoms. The summed E-state index contributed by atoms with van der Waals surface area (Å²) >= 11 is 0. The van der Waals surface area contributed by atoms with Gasteiger partial charge in [-0.3, -0.25) is 0 Å². The van der Waals surface area contributed by atoms with Gasteiger partial charge in [-0.05, 0) is 67.6 Å². The van der Waals surface area contributed by atoms with E-state index in [4.69, 9.17) is 4.74 Å². The second kappa shape index (κ2) is 11.8. The van der Waals surface area contributed by atoms with Crippen molar-refractivity contribution in [2.45, 2.75) is 77.4 Å². The SMILES string of the molecule is CCCC[C@H](C)C[C@H](O)/C=C/[C@@H]1[C@H]2CC(CCc3ccc(C(=O)OC)cc3)=C[C@H]2C[C@H]1O. The number of methoxy groups -OCH3 is 1. The van der Waals surface area contributed by atoms with E-state index in [0.717, 1.165) is 38.5 Å². The molecule has 0 unspecified atom stereocenters. The van der Waals surface area contributed by atoms with Crippen molar-refractivity contribution in [1.82, 2.24) is 0 Å². The van der Waals surface area contributed by atoms with Gasteiger partial charge < -0.3 is 14.9 Å². The summed E-state index contributed by atoms with van der Waals surface area (Å²) in [5.41, 5.74) is 3.26. The fourth-order valence-electron chi connectivity index (χ4n) is 5.44. The van der Waals surface area contributed by atoms with Crippen LogP contribution in [0, 0.1) is 23.7 Å². The molecule has 4 nitrogen and oxygen atoms in total. The Kier molecular flexibility index (Phi) is 9.12. The van der Waals surface area contributed by atoms with Crippen molar-refractivity contribution in [1.29, 1.82) is 0 Å². The molecular weight excluding hydrogens is 400 g/mol. The number of carbonyl (C=O) groups excluding carboxylic acids is 1. The maximum absolute atomic E-state index is 11.6. The van der Waals surface area contributed by atoms with Gasteiger partial charge in [0, 0.05) is 5.92 Å². The van der Waals surface area contributed by atoms with E-state index in [9.17, 15) is 15.0 Å². The summed E-state index contributed by atoms with van der Waals surface area (Å²) in [7, 11) is 1.40. The summed E-state index contributed by atoms with van der Waals surface area (Å²) < 4.78 is 4.76. The number of benzene rings is 1. The topological polar surface area (TPSA) is 66.8 Å². The third kappa shape index (κ3) is 6.55. The zero-order valence-corrected chi connectivity index (χ0v) is 19.9. The van der Waals surface area contributed by atoms with E-state index >= 15 is 0 Å². The van der Waals surface area contributed by atoms with Crippen molar-refractivity contribution in [3.63, 3.8) is 0 Å². The summed E-state index contributed by atoms with van der Waals surface area (Å²) in [6, 6.07) is 7.65. The number of ether oxygens (including phenoxy) is 1. The lowest BCUT2D eigenvalue weighted by atomic mass is 9.88. The van der Waals surface area contributed by atoms with Crippen LogP contribution in [0.5, 0.6) is 0 Å². The number of esters is 1. The van der Waals surface area contributed by atoms with Crippen molar-refractivity contribution in [2.75, 3.05) is 7.11 Å². The highest BCUT2D eigenvalue weighted by atomic mass is 16.5. The van der Waals surface area contributed by atoms with Crippen LogP contribution in [0.2, 0.25) is 0 Å². The minimum atomic E-state index is -0.421. The molecule has 1 aromatic rings. The largest absolute Gasteiger partial charge is 0.465 e. The van der Waals surface area contributed by atoms with E-state index in [1.807, 2.05) is 30.3 Å². The lowest BCUT2D eigenvalue weighted by Crippen LogP contribution is -2.18. The van der Waals surface area contributed by atoms with Gasteiger partial charge in [-0.1, -0.05) is 69.0 Å². The zero-order chi connectivity index (χ0) is 23.1. The molecule has 176 valence electrons. The lowest BCUT2D eigenvalue weighted by Gasteiger charge is -2.19. The van der Waals surface area contributed by atoms with E-state index in [2.05, 4.69) is 26.0 Å². The number of hydrogen-bond acceptors (Lipinski definition) is 4. The monoisotopic (exact) mass is 440 g/mol. The first-order chi connectivity index (χ1) is 15.4. The van der Waals surface area contributed by atoms with Crippen molar-refractivity contribution in [3.05, 3.63) is 59.2 Å². The van der Waals surface area contributed by atoms with E-state index in [1.165, 1.54) is 31.1 Å². The molecule has 0 aliphatic heterocycles. The third-order valence-electron chi connectivity index (χ3n) is 7.31. The van der Waals surface area contributed by atoms with E-state index < -0.39 is 6.10 Å². The Balaban J connectivity index is 1.49. The Hall–Kier alpha value is -1.91. The second-order valence-corrected chi connectivity index (χ2v) is 9.86. The first-order valence-electron chi connectivity index (χ1n) is 12.3. The minimum absolute atomic E-state index is 0.133. The molecule has 0 bridgehead atoms. The first kappa shape index (κ1) is 24.7. The Bertz CT molecular complexity index is 794. The Labute approximate surface area is 193 Å². The minimum Gasteiger partial charge on any atom is -0.465 e. The van der Waals surface area contributed by atoms with Crippen molar-refractivity contribution < 1.29 is 19.7 Å². The highest BCUT2D eigenvalue weighted by Crippen LogP contribution is 2.48. The molecular formula is C28H40O4. The first-order valence-corrected chi connectivity index (χ1v) is 12.3. The molecule has 0 saturated heterocycles. The number of fused-ring (bicyclic) bond motifs is 1. The standard InChI is InChI=1S/C28H40O4/c1-4-5-6-19(2)15-24(29)13-14-25-26-17-21(16-23(26)18-27(25)30)8-7-20-9-11-22(12-10-20)28(31)32-3/h9-14,16,19,23-27,29-30H,4-8,15,17-18H2,1-3H3/b14-13+/t19-,23-,24+,25+,26-,27+/m0/s1. The molecule has 0 amide bonds. The van der Waals surface area contributed by atoms with Gasteiger partial charge in [-0.2, -0.15) is 0 Å². The third-order valence-corrected chi connectivity index (χ3v) is 7.31. The van der Waals surface area contributed by atoms with E-state index in [-0.39, 0.29) is 18.0 Å². The molecule has 1 aromatic carbocycles. The molecule has 0 radical (unpaired) electrons. The lowest BCUT2D eigenvalue weighted by molar-refractivity contribution is 0.0600. The Morgan fingerprint density at radius 1 is 1.25 bits per heavy atom. The number of aliphatic hydroxyl groups is 2. The molecule has 0 heterocycles. The number of hydrogen-bond donors (Lipinski definition) is 2. The molecule has 2 aliphatic carbocycles. The van der Waals surface area contributed by atoms with Crippen molar-refractivity contribution >= 4 is 5.97 Å². The van der Waals surface area contributed by atoms with Crippen LogP contribution in [0.3, 0.4) is 0 Å². The predicted octanol–water partition coefficient (Wildman–Crippen LogP) is 5.48. The summed E-state index contributed by atoms with van der Waals surface area (Å²) in [6.45, 7) is 4.41. The molecule has 1 fully saturated rings. The van der Waals surface area contributed by atoms with Crippen LogP contribution in [-0.2, 0) is 11.2 Å². The smallest absolute Gasteiger partial charge is 0.337 e. The molecule has 0 spiro atoms. The molecule has 6 atom stereocenters. The summed E-state index contributed by atoms with van der Waals surface area (Å²) in [5, 5.41) is 21.0. The number of carbonyl (C=O) groups is 1. The average Bonchev–Trinajstić information content (AvgIpc) is 3.30. The predicted molar refractivity (Wildman–Crippen MR) is 128 cm³/mol. The van der Waals surface area contributed by atoms with E-state index in [0.29, 0.717) is 23.3 Å². The van der Waals surface area contributed by atoms with Crippen LogP contribution in [0.1, 0.15) is 74.7 Å².